The zero-order valence-electron chi connectivity index (χ0n) is 12.6. The van der Waals surface area contributed by atoms with Gasteiger partial charge in [-0.3, -0.25) is 9.78 Å². The summed E-state index contributed by atoms with van der Waals surface area (Å²) in [6.07, 6.45) is 3.50. The minimum Gasteiger partial charge on any atom is -0.375 e. The van der Waals surface area contributed by atoms with Crippen LogP contribution in [0.15, 0.2) is 24.5 Å². The van der Waals surface area contributed by atoms with Crippen molar-refractivity contribution in [1.82, 2.24) is 19.7 Å². The number of hydrogen-bond donors (Lipinski definition) is 0. The molecule has 1 aromatic heterocycles. The van der Waals surface area contributed by atoms with Gasteiger partial charge >= 0.3 is 6.03 Å². The van der Waals surface area contributed by atoms with Crippen molar-refractivity contribution in [1.29, 1.82) is 0 Å². The quantitative estimate of drug-likeness (QED) is 0.796. The predicted molar refractivity (Wildman–Crippen MR) is 79.0 cm³/mol. The molecule has 3 amide bonds. The molecule has 3 rings (SSSR count). The summed E-state index contributed by atoms with van der Waals surface area (Å²) >= 11 is 0. The lowest BCUT2D eigenvalue weighted by Gasteiger charge is -2.36. The van der Waals surface area contributed by atoms with Gasteiger partial charge in [0.2, 0.25) is 5.91 Å². The van der Waals surface area contributed by atoms with Crippen LogP contribution < -0.4 is 0 Å². The number of nitrogens with zero attached hydrogens (tertiary/aromatic N) is 4. The van der Waals surface area contributed by atoms with Crippen LogP contribution in [0.1, 0.15) is 5.56 Å². The Morgan fingerprint density at radius 3 is 3.00 bits per heavy atom. The van der Waals surface area contributed by atoms with Gasteiger partial charge in [0.25, 0.3) is 0 Å². The molecule has 2 aliphatic rings. The molecule has 3 heterocycles. The van der Waals surface area contributed by atoms with Crippen molar-refractivity contribution in [3.63, 3.8) is 0 Å². The second-order valence-electron chi connectivity index (χ2n) is 5.64. The Balaban J connectivity index is 1.63. The second-order valence-corrected chi connectivity index (χ2v) is 5.64. The van der Waals surface area contributed by atoms with Gasteiger partial charge in [0, 0.05) is 52.2 Å². The molecule has 1 aromatic rings. The van der Waals surface area contributed by atoms with E-state index in [-0.39, 0.29) is 24.6 Å². The van der Waals surface area contributed by atoms with Gasteiger partial charge in [-0.15, -0.1) is 0 Å². The largest absolute Gasteiger partial charge is 0.375 e. The Bertz CT molecular complexity index is 551. The first-order chi connectivity index (χ1) is 10.7. The van der Waals surface area contributed by atoms with E-state index >= 15 is 0 Å². The number of pyridine rings is 1. The van der Waals surface area contributed by atoms with Gasteiger partial charge in [-0.05, 0) is 11.6 Å². The number of urea groups is 1. The Kier molecular flexibility index (Phi) is 4.24. The highest BCUT2D eigenvalue weighted by molar-refractivity contribution is 5.80. The summed E-state index contributed by atoms with van der Waals surface area (Å²) in [7, 11) is 1.52. The average Bonchev–Trinajstić information content (AvgIpc) is 2.84. The highest BCUT2D eigenvalue weighted by atomic mass is 16.5. The SMILES string of the molecule is COCC(=O)N1CCN2C(=O)N(Cc3cccnc3)C[C@H]2C1. The fourth-order valence-electron chi connectivity index (χ4n) is 3.06. The van der Waals surface area contributed by atoms with Crippen molar-refractivity contribution in [3.05, 3.63) is 30.1 Å². The van der Waals surface area contributed by atoms with Gasteiger partial charge in [0.15, 0.2) is 0 Å². The van der Waals surface area contributed by atoms with Gasteiger partial charge in [-0.2, -0.15) is 0 Å². The van der Waals surface area contributed by atoms with Crippen LogP contribution in [0.5, 0.6) is 0 Å². The lowest BCUT2D eigenvalue weighted by Crippen LogP contribution is -2.54. The highest BCUT2D eigenvalue weighted by Gasteiger charge is 2.41. The molecule has 7 nitrogen and oxygen atoms in total. The molecule has 2 saturated heterocycles. The smallest absolute Gasteiger partial charge is 0.320 e. The molecule has 0 saturated carbocycles. The van der Waals surface area contributed by atoms with Crippen molar-refractivity contribution in [2.45, 2.75) is 12.6 Å². The summed E-state index contributed by atoms with van der Waals surface area (Å²) in [5, 5.41) is 0. The third-order valence-corrected chi connectivity index (χ3v) is 4.15. The first kappa shape index (κ1) is 14.8. The number of fused-ring (bicyclic) bond motifs is 1. The molecule has 1 atom stereocenters. The number of methoxy groups -OCH3 is 1. The number of piperazine rings is 1. The first-order valence-electron chi connectivity index (χ1n) is 7.40. The summed E-state index contributed by atoms with van der Waals surface area (Å²) in [6.45, 7) is 3.04. The van der Waals surface area contributed by atoms with E-state index in [4.69, 9.17) is 4.74 Å². The molecule has 7 heteroatoms. The van der Waals surface area contributed by atoms with E-state index in [0.29, 0.717) is 32.7 Å². The first-order valence-corrected chi connectivity index (χ1v) is 7.40. The number of rotatable bonds is 4. The average molecular weight is 304 g/mol. The van der Waals surface area contributed by atoms with Gasteiger partial charge in [0.05, 0.1) is 6.04 Å². The molecule has 0 unspecified atom stereocenters. The monoisotopic (exact) mass is 304 g/mol. The van der Waals surface area contributed by atoms with Gasteiger partial charge in [-0.25, -0.2) is 4.79 Å². The van der Waals surface area contributed by atoms with Crippen molar-refractivity contribution >= 4 is 11.9 Å². The van der Waals surface area contributed by atoms with E-state index in [1.165, 1.54) is 7.11 Å². The Labute approximate surface area is 129 Å². The van der Waals surface area contributed by atoms with Crippen LogP contribution >= 0.6 is 0 Å². The summed E-state index contributed by atoms with van der Waals surface area (Å²) in [5.41, 5.74) is 1.02. The lowest BCUT2D eigenvalue weighted by atomic mass is 10.2. The zero-order chi connectivity index (χ0) is 15.5. The molecule has 0 radical (unpaired) electrons. The van der Waals surface area contributed by atoms with Crippen molar-refractivity contribution < 1.29 is 14.3 Å². The Morgan fingerprint density at radius 1 is 1.41 bits per heavy atom. The van der Waals surface area contributed by atoms with Crippen LogP contribution in [0.3, 0.4) is 0 Å². The maximum absolute atomic E-state index is 12.4. The van der Waals surface area contributed by atoms with E-state index in [1.54, 1.807) is 17.3 Å². The van der Waals surface area contributed by atoms with Crippen LogP contribution in [-0.4, -0.2) is 77.6 Å². The molecule has 0 aromatic carbocycles. The third kappa shape index (κ3) is 2.89. The number of carbonyl (C=O) groups excluding carboxylic acids is 2. The molecule has 0 spiro atoms. The molecule has 0 N–H and O–H groups in total. The summed E-state index contributed by atoms with van der Waals surface area (Å²) in [4.78, 5) is 33.9. The molecule has 0 aliphatic carbocycles. The van der Waals surface area contributed by atoms with Crippen LogP contribution in [-0.2, 0) is 16.1 Å². The standard InChI is InChI=1S/C15H20N4O3/c1-22-11-14(20)17-5-6-19-13(9-17)10-18(15(19)21)8-12-3-2-4-16-7-12/h2-4,7,13H,5-6,8-11H2,1H3/t13-/m1/s1. The number of hydrogen-bond acceptors (Lipinski definition) is 4. The number of amides is 3. The number of ether oxygens (including phenoxy) is 1. The number of aromatic nitrogens is 1. The van der Waals surface area contributed by atoms with Gasteiger partial charge in [0.1, 0.15) is 6.61 Å². The van der Waals surface area contributed by atoms with Crippen molar-refractivity contribution in [2.24, 2.45) is 0 Å². The lowest BCUT2D eigenvalue weighted by molar-refractivity contribution is -0.137. The fraction of sp³-hybridized carbons (Fsp3) is 0.533. The molecule has 0 bridgehead atoms. The second kappa shape index (κ2) is 6.31. The molecular weight excluding hydrogens is 284 g/mol. The van der Waals surface area contributed by atoms with Crippen LogP contribution in [0.25, 0.3) is 0 Å². The van der Waals surface area contributed by atoms with E-state index < -0.39 is 0 Å². The maximum atomic E-state index is 12.4. The van der Waals surface area contributed by atoms with E-state index in [0.717, 1.165) is 5.56 Å². The minimum absolute atomic E-state index is 0.0136. The molecule has 22 heavy (non-hydrogen) atoms. The van der Waals surface area contributed by atoms with Crippen molar-refractivity contribution in [3.8, 4) is 0 Å². The molecule has 2 aliphatic heterocycles. The molecule has 118 valence electrons. The predicted octanol–water partition coefficient (Wildman–Crippen LogP) is 0.176. The van der Waals surface area contributed by atoms with E-state index in [1.807, 2.05) is 21.9 Å². The summed E-state index contributed by atoms with van der Waals surface area (Å²) in [6, 6.07) is 3.95. The Morgan fingerprint density at radius 2 is 2.27 bits per heavy atom. The summed E-state index contributed by atoms with van der Waals surface area (Å²) < 4.78 is 4.90. The van der Waals surface area contributed by atoms with Gasteiger partial charge < -0.3 is 19.4 Å². The Hall–Kier alpha value is -2.15. The molecular formula is C15H20N4O3. The summed E-state index contributed by atoms with van der Waals surface area (Å²) in [5.74, 6) is -0.0136. The van der Waals surface area contributed by atoms with Crippen LogP contribution in [0, 0.1) is 0 Å². The van der Waals surface area contributed by atoms with E-state index in [2.05, 4.69) is 4.98 Å². The van der Waals surface area contributed by atoms with E-state index in [9.17, 15) is 9.59 Å². The third-order valence-electron chi connectivity index (χ3n) is 4.15. The van der Waals surface area contributed by atoms with Gasteiger partial charge in [-0.1, -0.05) is 6.07 Å². The maximum Gasteiger partial charge on any atom is 0.320 e. The molecule has 2 fully saturated rings. The number of carbonyl (C=O) groups is 2. The zero-order valence-corrected chi connectivity index (χ0v) is 12.6. The van der Waals surface area contributed by atoms with Crippen LogP contribution in [0.4, 0.5) is 4.79 Å². The highest BCUT2D eigenvalue weighted by Crippen LogP contribution is 2.22. The van der Waals surface area contributed by atoms with Crippen molar-refractivity contribution in [2.75, 3.05) is 39.9 Å². The normalized spacial score (nSPS) is 21.2. The fourth-order valence-corrected chi connectivity index (χ4v) is 3.06. The van der Waals surface area contributed by atoms with Crippen LogP contribution in [0.2, 0.25) is 0 Å². The topological polar surface area (TPSA) is 66.0 Å². The minimum atomic E-state index is -0.0136.